The molecule has 1 heterocycles. The van der Waals surface area contributed by atoms with Crippen molar-refractivity contribution >= 4 is 31.3 Å². The minimum absolute atomic E-state index is 0.230. The van der Waals surface area contributed by atoms with E-state index in [0.29, 0.717) is 0 Å². The Morgan fingerprint density at radius 2 is 2.06 bits per heavy atom. The number of hydrogen-bond donors (Lipinski definition) is 0. The minimum atomic E-state index is -4.31. The van der Waals surface area contributed by atoms with Gasteiger partial charge in [-0.1, -0.05) is 11.6 Å². The van der Waals surface area contributed by atoms with Crippen LogP contribution < -0.4 is 4.74 Å². The third-order valence-electron chi connectivity index (χ3n) is 1.59. The van der Waals surface area contributed by atoms with Crippen LogP contribution in [0.15, 0.2) is 11.1 Å². The third kappa shape index (κ3) is 2.72. The quantitative estimate of drug-likeness (QED) is 0.803. The van der Waals surface area contributed by atoms with Gasteiger partial charge in [-0.05, 0) is 0 Å². The number of methoxy groups -OCH3 is 1. The van der Waals surface area contributed by atoms with E-state index in [1.165, 1.54) is 0 Å². The molecule has 0 radical (unpaired) electrons. The molecule has 0 aliphatic heterocycles. The number of ether oxygens (including phenoxy) is 1. The normalized spacial score (nSPS) is 11.9. The first-order valence-electron chi connectivity index (χ1n) is 3.74. The fourth-order valence-corrected chi connectivity index (χ4v) is 2.38. The second-order valence-electron chi connectivity index (χ2n) is 2.61. The van der Waals surface area contributed by atoms with Crippen molar-refractivity contribution in [3.05, 3.63) is 16.8 Å². The average Bonchev–Trinajstić information content (AvgIpc) is 2.15. The Morgan fingerprint density at radius 1 is 1.50 bits per heavy atom. The van der Waals surface area contributed by atoms with Crippen LogP contribution >= 0.6 is 22.3 Å². The molecule has 0 spiro atoms. The lowest BCUT2D eigenvalue weighted by Gasteiger charge is -2.08. The second-order valence-corrected chi connectivity index (χ2v) is 5.47. The number of aromatic nitrogens is 1. The van der Waals surface area contributed by atoms with E-state index in [-0.39, 0.29) is 5.75 Å². The largest absolute Gasteiger partial charge is 0.495 e. The van der Waals surface area contributed by atoms with E-state index in [1.807, 2.05) is 0 Å². The Labute approximate surface area is 99.6 Å². The highest BCUT2D eigenvalue weighted by Gasteiger charge is 2.24. The van der Waals surface area contributed by atoms with Crippen LogP contribution in [0.3, 0.4) is 0 Å². The monoisotopic (exact) mass is 291 g/mol. The van der Waals surface area contributed by atoms with Crippen molar-refractivity contribution in [2.45, 2.75) is 11.5 Å². The maximum atomic E-state index is 12.4. The van der Waals surface area contributed by atoms with Gasteiger partial charge in [0.15, 0.2) is 5.03 Å². The van der Waals surface area contributed by atoms with E-state index >= 15 is 0 Å². The Morgan fingerprint density at radius 3 is 2.44 bits per heavy atom. The highest BCUT2D eigenvalue weighted by atomic mass is 35.7. The molecule has 16 heavy (non-hydrogen) atoms. The zero-order valence-electron chi connectivity index (χ0n) is 7.75. The molecule has 0 saturated carbocycles. The van der Waals surface area contributed by atoms with Gasteiger partial charge in [0.25, 0.3) is 15.5 Å². The van der Waals surface area contributed by atoms with Gasteiger partial charge < -0.3 is 4.74 Å². The minimum Gasteiger partial charge on any atom is -0.495 e. The summed E-state index contributed by atoms with van der Waals surface area (Å²) >= 11 is 5.57. The molecule has 0 N–H and O–H groups in total. The number of alkyl halides is 2. The molecule has 0 aromatic carbocycles. The van der Waals surface area contributed by atoms with Crippen LogP contribution in [0.5, 0.6) is 5.75 Å². The van der Waals surface area contributed by atoms with Crippen LogP contribution in [-0.4, -0.2) is 20.5 Å². The molecule has 0 fully saturated rings. The topological polar surface area (TPSA) is 56.3 Å². The highest BCUT2D eigenvalue weighted by molar-refractivity contribution is 8.13. The second kappa shape index (κ2) is 4.68. The van der Waals surface area contributed by atoms with Crippen LogP contribution in [0.25, 0.3) is 0 Å². The molecule has 0 unspecified atom stereocenters. The third-order valence-corrected chi connectivity index (χ3v) is 3.26. The van der Waals surface area contributed by atoms with Gasteiger partial charge in [-0.3, -0.25) is 0 Å². The molecule has 9 heteroatoms. The summed E-state index contributed by atoms with van der Waals surface area (Å²) in [7, 11) is 1.84. The summed E-state index contributed by atoms with van der Waals surface area (Å²) in [5.74, 6) is -0.230. The van der Waals surface area contributed by atoms with E-state index < -0.39 is 31.2 Å². The molecular formula is C7H5Cl2F2NO3S. The van der Waals surface area contributed by atoms with E-state index in [4.69, 9.17) is 22.3 Å². The predicted molar refractivity (Wildman–Crippen MR) is 53.8 cm³/mol. The van der Waals surface area contributed by atoms with Crippen LogP contribution in [0.1, 0.15) is 12.1 Å². The molecule has 1 aromatic heterocycles. The Kier molecular flexibility index (Phi) is 3.92. The maximum absolute atomic E-state index is 12.4. The molecule has 0 aliphatic rings. The summed E-state index contributed by atoms with van der Waals surface area (Å²) in [6.45, 7) is 0. The molecule has 0 amide bonds. The summed E-state index contributed by atoms with van der Waals surface area (Å²) in [6.07, 6.45) is -2.96. The van der Waals surface area contributed by atoms with Crippen LogP contribution in [0, 0.1) is 0 Å². The van der Waals surface area contributed by atoms with Gasteiger partial charge in [-0.2, -0.15) is 0 Å². The smallest absolute Gasteiger partial charge is 0.280 e. The van der Waals surface area contributed by atoms with Gasteiger partial charge in [0.2, 0.25) is 0 Å². The maximum Gasteiger partial charge on any atom is 0.280 e. The summed E-state index contributed by atoms with van der Waals surface area (Å²) in [4.78, 5) is 3.17. The zero-order valence-corrected chi connectivity index (χ0v) is 10.1. The predicted octanol–water partition coefficient (Wildman–Crippen LogP) is 2.61. The van der Waals surface area contributed by atoms with Crippen molar-refractivity contribution in [2.24, 2.45) is 0 Å². The Bertz CT molecular complexity index is 507. The summed E-state index contributed by atoms with van der Waals surface area (Å²) in [6, 6.07) is 0.846. The number of halogens is 4. The van der Waals surface area contributed by atoms with Crippen molar-refractivity contribution in [3.8, 4) is 5.75 Å². The first-order valence-corrected chi connectivity index (χ1v) is 6.43. The zero-order chi connectivity index (χ0) is 12.5. The van der Waals surface area contributed by atoms with Gasteiger partial charge in [0.1, 0.15) is 16.5 Å². The van der Waals surface area contributed by atoms with Crippen LogP contribution in [-0.2, 0) is 9.05 Å². The first-order chi connectivity index (χ1) is 7.27. The molecule has 1 aromatic rings. The van der Waals surface area contributed by atoms with Crippen molar-refractivity contribution in [1.82, 2.24) is 4.98 Å². The molecule has 90 valence electrons. The van der Waals surface area contributed by atoms with E-state index in [1.54, 1.807) is 0 Å². The van der Waals surface area contributed by atoms with Gasteiger partial charge in [0.05, 0.1) is 7.11 Å². The van der Waals surface area contributed by atoms with Crippen molar-refractivity contribution in [2.75, 3.05) is 7.11 Å². The summed E-state index contributed by atoms with van der Waals surface area (Å²) in [5.41, 5.74) is -0.777. The highest BCUT2D eigenvalue weighted by Crippen LogP contribution is 2.34. The number of pyridine rings is 1. The SMILES string of the molecule is COc1cc(C(F)F)nc(S(=O)(=O)Cl)c1Cl. The molecule has 4 nitrogen and oxygen atoms in total. The molecule has 0 bridgehead atoms. The van der Waals surface area contributed by atoms with E-state index in [2.05, 4.69) is 9.72 Å². The van der Waals surface area contributed by atoms with Gasteiger partial charge in [-0.15, -0.1) is 0 Å². The summed E-state index contributed by atoms with van der Waals surface area (Å²) < 4.78 is 51.4. The van der Waals surface area contributed by atoms with Crippen molar-refractivity contribution in [3.63, 3.8) is 0 Å². The Hall–Kier alpha value is -0.660. The average molecular weight is 292 g/mol. The first kappa shape index (κ1) is 13.4. The van der Waals surface area contributed by atoms with E-state index in [9.17, 15) is 17.2 Å². The summed E-state index contributed by atoms with van der Waals surface area (Å²) in [5, 5.41) is -1.27. The van der Waals surface area contributed by atoms with Crippen LogP contribution in [0.2, 0.25) is 5.02 Å². The van der Waals surface area contributed by atoms with Crippen LogP contribution in [0.4, 0.5) is 8.78 Å². The number of hydrogen-bond acceptors (Lipinski definition) is 4. The van der Waals surface area contributed by atoms with Gasteiger partial charge in [-0.25, -0.2) is 22.2 Å². The van der Waals surface area contributed by atoms with Gasteiger partial charge in [0, 0.05) is 16.7 Å². The molecular weight excluding hydrogens is 287 g/mol. The number of rotatable bonds is 3. The van der Waals surface area contributed by atoms with Crippen molar-refractivity contribution in [1.29, 1.82) is 0 Å². The lowest BCUT2D eigenvalue weighted by molar-refractivity contribution is 0.145. The number of nitrogens with zero attached hydrogens (tertiary/aromatic N) is 1. The van der Waals surface area contributed by atoms with Crippen molar-refractivity contribution < 1.29 is 21.9 Å². The van der Waals surface area contributed by atoms with Gasteiger partial charge >= 0.3 is 0 Å². The lowest BCUT2D eigenvalue weighted by Crippen LogP contribution is -2.02. The van der Waals surface area contributed by atoms with E-state index in [0.717, 1.165) is 13.2 Å². The molecule has 0 aliphatic carbocycles. The molecule has 1 rings (SSSR count). The lowest BCUT2D eigenvalue weighted by atomic mass is 10.3. The fourth-order valence-electron chi connectivity index (χ4n) is 0.924. The standard InChI is InChI=1S/C7H5Cl2F2NO3S/c1-15-4-2-3(6(10)11)12-7(5(4)8)16(9,13)14/h2,6H,1H3. The fraction of sp³-hybridized carbons (Fsp3) is 0.286. The molecule has 0 atom stereocenters. The Balaban J connectivity index is 3.55. The molecule has 0 saturated heterocycles.